The molecule has 18 heavy (non-hydrogen) atoms. The summed E-state index contributed by atoms with van der Waals surface area (Å²) in [6, 6.07) is 14.7. The number of hydrogen-bond donors (Lipinski definition) is 0. The summed E-state index contributed by atoms with van der Waals surface area (Å²) in [5, 5.41) is 0. The Morgan fingerprint density at radius 1 is 0.778 bits per heavy atom. The molecule has 0 atom stereocenters. The van der Waals surface area contributed by atoms with Crippen LogP contribution in [0.4, 0.5) is 0 Å². The highest BCUT2D eigenvalue weighted by Crippen LogP contribution is 2.35. The minimum atomic E-state index is 0.848. The van der Waals surface area contributed by atoms with E-state index in [-0.39, 0.29) is 0 Å². The average Bonchev–Trinajstić information content (AvgIpc) is 2.81. The molecule has 0 heterocycles. The zero-order valence-electron chi connectivity index (χ0n) is 11.8. The Morgan fingerprint density at radius 2 is 1.39 bits per heavy atom. The van der Waals surface area contributed by atoms with Crippen LogP contribution in [0.2, 0.25) is 0 Å². The van der Waals surface area contributed by atoms with Gasteiger partial charge in [0.15, 0.2) is 0 Å². The quantitative estimate of drug-likeness (QED) is 0.515. The van der Waals surface area contributed by atoms with Crippen LogP contribution in [0.5, 0.6) is 0 Å². The van der Waals surface area contributed by atoms with E-state index >= 15 is 0 Å². The lowest BCUT2D eigenvalue weighted by atomic mass is 9.92. The van der Waals surface area contributed by atoms with Gasteiger partial charge in [0.25, 0.3) is 0 Å². The molecular weight excluding hydrogens is 215 g/mol. The monoisotopic (exact) mass is 236 g/mol. The predicted octanol–water partition coefficient (Wildman–Crippen LogP) is 4.10. The summed E-state index contributed by atoms with van der Waals surface area (Å²) >= 11 is 0. The van der Waals surface area contributed by atoms with Gasteiger partial charge in [0.1, 0.15) is 7.85 Å². The Morgan fingerprint density at radius 3 is 2.11 bits per heavy atom. The topological polar surface area (TPSA) is 0 Å². The maximum Gasteiger partial charge on any atom is 0.113 e. The molecule has 0 N–H and O–H groups in total. The van der Waals surface area contributed by atoms with Crippen molar-refractivity contribution in [1.29, 1.82) is 0 Å². The summed E-state index contributed by atoms with van der Waals surface area (Å²) in [5.74, 6) is 0. The molecule has 92 valence electrons. The first kappa shape index (κ1) is 14.6. The van der Waals surface area contributed by atoms with E-state index in [1.165, 1.54) is 22.3 Å². The van der Waals surface area contributed by atoms with Crippen molar-refractivity contribution in [1.82, 2.24) is 0 Å². The van der Waals surface area contributed by atoms with Crippen LogP contribution in [-0.4, -0.2) is 7.85 Å². The zero-order chi connectivity index (χ0) is 13.5. The summed E-state index contributed by atoms with van der Waals surface area (Å²) in [4.78, 5) is 0. The average molecular weight is 236 g/mol. The van der Waals surface area contributed by atoms with Crippen LogP contribution in [0.15, 0.2) is 42.5 Å². The fourth-order valence-corrected chi connectivity index (χ4v) is 2.14. The molecule has 1 aliphatic rings. The Hall–Kier alpha value is -1.50. The van der Waals surface area contributed by atoms with E-state index in [1.54, 1.807) is 0 Å². The molecule has 0 saturated heterocycles. The highest BCUT2D eigenvalue weighted by atomic mass is 14.2. The van der Waals surface area contributed by atoms with Crippen molar-refractivity contribution in [3.05, 3.63) is 53.6 Å². The van der Waals surface area contributed by atoms with Gasteiger partial charge in [-0.1, -0.05) is 75.6 Å². The maximum atomic E-state index is 5.79. The first-order chi connectivity index (χ1) is 8.84. The second-order valence-electron chi connectivity index (χ2n) is 3.75. The van der Waals surface area contributed by atoms with E-state index in [4.69, 9.17) is 7.85 Å². The lowest BCUT2D eigenvalue weighted by Gasteiger charge is -2.01. The van der Waals surface area contributed by atoms with Crippen molar-refractivity contribution in [2.75, 3.05) is 0 Å². The molecule has 0 fully saturated rings. The van der Waals surface area contributed by atoms with Crippen molar-refractivity contribution in [3.63, 3.8) is 0 Å². The fourth-order valence-electron chi connectivity index (χ4n) is 2.14. The Kier molecular flexibility index (Phi) is 5.71. The summed E-state index contributed by atoms with van der Waals surface area (Å²) in [6.07, 6.45) is 1.05. The summed E-state index contributed by atoms with van der Waals surface area (Å²) in [6.45, 7) is 8.00. The SMILES string of the molecule is CC.CC.[B]c1ccc2c(c1)-c1ccccc1C2. The second-order valence-corrected chi connectivity index (χ2v) is 3.75. The Balaban J connectivity index is 0.000000371. The molecule has 0 bridgehead atoms. The van der Waals surface area contributed by atoms with E-state index in [0.717, 1.165) is 11.9 Å². The maximum absolute atomic E-state index is 5.79. The van der Waals surface area contributed by atoms with Gasteiger partial charge in [0.2, 0.25) is 0 Å². The van der Waals surface area contributed by atoms with Gasteiger partial charge >= 0.3 is 0 Å². The first-order valence-corrected chi connectivity index (χ1v) is 6.81. The molecule has 2 aromatic carbocycles. The lowest BCUT2D eigenvalue weighted by molar-refractivity contribution is 1.26. The third-order valence-electron chi connectivity index (χ3n) is 2.82. The number of rotatable bonds is 0. The van der Waals surface area contributed by atoms with Crippen molar-refractivity contribution in [2.24, 2.45) is 0 Å². The van der Waals surface area contributed by atoms with Crippen LogP contribution in [0.25, 0.3) is 11.1 Å². The van der Waals surface area contributed by atoms with E-state index in [1.807, 2.05) is 33.8 Å². The first-order valence-electron chi connectivity index (χ1n) is 6.81. The summed E-state index contributed by atoms with van der Waals surface area (Å²) < 4.78 is 0. The van der Waals surface area contributed by atoms with Gasteiger partial charge in [-0.05, 0) is 28.7 Å². The van der Waals surface area contributed by atoms with Crippen LogP contribution >= 0.6 is 0 Å². The third-order valence-corrected chi connectivity index (χ3v) is 2.82. The predicted molar refractivity (Wildman–Crippen MR) is 82.8 cm³/mol. The Labute approximate surface area is 112 Å². The number of fused-ring (bicyclic) bond motifs is 3. The Bertz CT molecular complexity index is 501. The second kappa shape index (κ2) is 7.05. The molecule has 1 heteroatoms. The summed E-state index contributed by atoms with van der Waals surface area (Å²) in [7, 11) is 5.79. The molecule has 2 aromatic rings. The summed E-state index contributed by atoms with van der Waals surface area (Å²) in [5.41, 5.74) is 6.30. The van der Waals surface area contributed by atoms with Gasteiger partial charge in [-0.15, -0.1) is 0 Å². The molecule has 0 nitrogen and oxygen atoms in total. The van der Waals surface area contributed by atoms with E-state index < -0.39 is 0 Å². The minimum absolute atomic E-state index is 0.848. The van der Waals surface area contributed by atoms with Crippen molar-refractivity contribution in [3.8, 4) is 11.1 Å². The van der Waals surface area contributed by atoms with Crippen LogP contribution in [0.3, 0.4) is 0 Å². The van der Waals surface area contributed by atoms with E-state index in [0.29, 0.717) is 0 Å². The van der Waals surface area contributed by atoms with Crippen LogP contribution < -0.4 is 5.46 Å². The van der Waals surface area contributed by atoms with Crippen molar-refractivity contribution < 1.29 is 0 Å². The molecule has 0 saturated carbocycles. The van der Waals surface area contributed by atoms with Gasteiger partial charge < -0.3 is 0 Å². The van der Waals surface area contributed by atoms with Crippen LogP contribution in [-0.2, 0) is 6.42 Å². The van der Waals surface area contributed by atoms with Gasteiger partial charge in [-0.25, -0.2) is 0 Å². The minimum Gasteiger partial charge on any atom is -0.0960 e. The molecule has 0 aromatic heterocycles. The fraction of sp³-hybridized carbons (Fsp3) is 0.294. The molecule has 2 radical (unpaired) electrons. The standard InChI is InChI=1S/C13H9B.2C2H6/c14-11-6-5-10-7-9-3-1-2-4-12(9)13(10)8-11;2*1-2/h1-6,8H,7H2;2*1-2H3. The molecule has 1 aliphatic carbocycles. The number of benzene rings is 2. The molecule has 0 aliphatic heterocycles. The van der Waals surface area contributed by atoms with Crippen molar-refractivity contribution in [2.45, 2.75) is 34.1 Å². The van der Waals surface area contributed by atoms with Gasteiger partial charge in [-0.3, -0.25) is 0 Å². The highest BCUT2D eigenvalue weighted by Gasteiger charge is 2.16. The molecule has 3 rings (SSSR count). The van der Waals surface area contributed by atoms with Crippen molar-refractivity contribution >= 4 is 13.3 Å². The zero-order valence-corrected chi connectivity index (χ0v) is 11.8. The normalized spacial score (nSPS) is 10.2. The molecule has 0 spiro atoms. The largest absolute Gasteiger partial charge is 0.113 e. The molecule has 0 unspecified atom stereocenters. The molecular formula is C17H21B. The van der Waals surface area contributed by atoms with E-state index in [9.17, 15) is 0 Å². The van der Waals surface area contributed by atoms with E-state index in [2.05, 4.69) is 36.4 Å². The van der Waals surface area contributed by atoms with Crippen LogP contribution in [0, 0.1) is 0 Å². The van der Waals surface area contributed by atoms with Gasteiger partial charge in [0, 0.05) is 0 Å². The smallest absolute Gasteiger partial charge is 0.0960 e. The third kappa shape index (κ3) is 2.84. The number of hydrogen-bond acceptors (Lipinski definition) is 0. The highest BCUT2D eigenvalue weighted by molar-refractivity contribution is 6.32. The van der Waals surface area contributed by atoms with Gasteiger partial charge in [0.05, 0.1) is 0 Å². The lowest BCUT2D eigenvalue weighted by Crippen LogP contribution is -2.01. The van der Waals surface area contributed by atoms with Crippen LogP contribution in [0.1, 0.15) is 38.8 Å². The van der Waals surface area contributed by atoms with Gasteiger partial charge in [-0.2, -0.15) is 0 Å². The molecule has 0 amide bonds.